The zero-order chi connectivity index (χ0) is 21.1. The van der Waals surface area contributed by atoms with E-state index in [-0.39, 0.29) is 17.9 Å². The van der Waals surface area contributed by atoms with Crippen LogP contribution in [0, 0.1) is 0 Å². The Kier molecular flexibility index (Phi) is 6.39. The van der Waals surface area contributed by atoms with Gasteiger partial charge in [-0.05, 0) is 44.0 Å². The van der Waals surface area contributed by atoms with Crippen LogP contribution in [-0.4, -0.2) is 64.9 Å². The minimum atomic E-state index is -0.151. The summed E-state index contributed by atoms with van der Waals surface area (Å²) in [5, 5.41) is 3.72. The number of nitrogens with one attached hydrogen (secondary N) is 1. The topological polar surface area (TPSA) is 78.7 Å². The number of halogens is 1. The second-order valence-electron chi connectivity index (χ2n) is 8.00. The van der Waals surface area contributed by atoms with E-state index in [1.54, 1.807) is 18.3 Å². The minimum absolute atomic E-state index is 0.0935. The van der Waals surface area contributed by atoms with Crippen LogP contribution in [0.15, 0.2) is 34.9 Å². The van der Waals surface area contributed by atoms with Gasteiger partial charge < -0.3 is 14.6 Å². The molecular formula is C22H27ClN4O3. The monoisotopic (exact) mass is 430 g/mol. The van der Waals surface area contributed by atoms with Crippen molar-refractivity contribution in [1.29, 1.82) is 0 Å². The Labute approximate surface area is 181 Å². The van der Waals surface area contributed by atoms with Crippen molar-refractivity contribution in [2.75, 3.05) is 26.2 Å². The Balaban J connectivity index is 1.22. The first-order valence-electron chi connectivity index (χ1n) is 10.5. The predicted molar refractivity (Wildman–Crippen MR) is 114 cm³/mol. The smallest absolute Gasteiger partial charge is 0.237 e. The van der Waals surface area contributed by atoms with Crippen LogP contribution in [0.5, 0.6) is 0 Å². The molecule has 2 heterocycles. The van der Waals surface area contributed by atoms with E-state index in [1.165, 1.54) is 0 Å². The van der Waals surface area contributed by atoms with Gasteiger partial charge in [0.05, 0.1) is 12.2 Å². The average Bonchev–Trinajstić information content (AvgIpc) is 3.45. The summed E-state index contributed by atoms with van der Waals surface area (Å²) in [5.41, 5.74) is 0.903. The third kappa shape index (κ3) is 5.21. The van der Waals surface area contributed by atoms with Crippen molar-refractivity contribution in [1.82, 2.24) is 20.1 Å². The quantitative estimate of drug-likeness (QED) is 0.730. The zero-order valence-electron chi connectivity index (χ0n) is 17.1. The van der Waals surface area contributed by atoms with Gasteiger partial charge in [-0.1, -0.05) is 11.6 Å². The number of amides is 2. The summed E-state index contributed by atoms with van der Waals surface area (Å²) in [6.07, 6.45) is 4.68. The van der Waals surface area contributed by atoms with E-state index in [0.29, 0.717) is 61.7 Å². The van der Waals surface area contributed by atoms with Crippen LogP contribution in [0.3, 0.4) is 0 Å². The number of benzene rings is 1. The number of aryl methyl sites for hydroxylation is 1. The van der Waals surface area contributed by atoms with E-state index in [1.807, 2.05) is 24.0 Å². The van der Waals surface area contributed by atoms with Crippen LogP contribution in [0.25, 0.3) is 11.3 Å². The van der Waals surface area contributed by atoms with Gasteiger partial charge >= 0.3 is 0 Å². The van der Waals surface area contributed by atoms with Gasteiger partial charge in [0, 0.05) is 55.6 Å². The van der Waals surface area contributed by atoms with E-state index in [9.17, 15) is 9.59 Å². The van der Waals surface area contributed by atoms with E-state index < -0.39 is 0 Å². The van der Waals surface area contributed by atoms with Gasteiger partial charge in [0.25, 0.3) is 0 Å². The average molecular weight is 431 g/mol. The highest BCUT2D eigenvalue weighted by Gasteiger charge is 2.30. The SMILES string of the molecule is CC(C(=O)NC1CC1)N1CCN(C(=O)CCc2ncc(-c3ccc(Cl)cc3)o2)CC1. The first kappa shape index (κ1) is 20.9. The number of carbonyl (C=O) groups excluding carboxylic acids is 2. The molecule has 1 aromatic carbocycles. The van der Waals surface area contributed by atoms with Crippen molar-refractivity contribution in [3.63, 3.8) is 0 Å². The zero-order valence-corrected chi connectivity index (χ0v) is 17.9. The third-order valence-electron chi connectivity index (χ3n) is 5.75. The lowest BCUT2D eigenvalue weighted by Crippen LogP contribution is -2.55. The molecule has 0 radical (unpaired) electrons. The van der Waals surface area contributed by atoms with E-state index in [4.69, 9.17) is 16.0 Å². The highest BCUT2D eigenvalue weighted by atomic mass is 35.5. The minimum Gasteiger partial charge on any atom is -0.441 e. The molecular weight excluding hydrogens is 404 g/mol. The van der Waals surface area contributed by atoms with Crippen LogP contribution < -0.4 is 5.32 Å². The van der Waals surface area contributed by atoms with Crippen molar-refractivity contribution in [2.24, 2.45) is 0 Å². The normalized spacial score (nSPS) is 18.3. The molecule has 1 N–H and O–H groups in total. The molecule has 1 aliphatic heterocycles. The van der Waals surface area contributed by atoms with Gasteiger partial charge in [-0.25, -0.2) is 4.98 Å². The van der Waals surface area contributed by atoms with Gasteiger partial charge in [0.1, 0.15) is 0 Å². The maximum absolute atomic E-state index is 12.6. The van der Waals surface area contributed by atoms with Gasteiger partial charge in [0.2, 0.25) is 11.8 Å². The number of rotatable bonds is 7. The number of nitrogens with zero attached hydrogens (tertiary/aromatic N) is 3. The number of aromatic nitrogens is 1. The predicted octanol–water partition coefficient (Wildman–Crippen LogP) is 2.74. The molecule has 2 aliphatic rings. The summed E-state index contributed by atoms with van der Waals surface area (Å²) in [6.45, 7) is 4.65. The molecule has 1 aromatic heterocycles. The molecule has 30 heavy (non-hydrogen) atoms. The third-order valence-corrected chi connectivity index (χ3v) is 6.00. The molecule has 1 aliphatic carbocycles. The fourth-order valence-corrected chi connectivity index (χ4v) is 3.75. The molecule has 0 spiro atoms. The second-order valence-corrected chi connectivity index (χ2v) is 8.44. The van der Waals surface area contributed by atoms with Crippen LogP contribution in [0.2, 0.25) is 5.02 Å². The van der Waals surface area contributed by atoms with Gasteiger partial charge in [-0.15, -0.1) is 0 Å². The van der Waals surface area contributed by atoms with Crippen molar-refractivity contribution < 1.29 is 14.0 Å². The van der Waals surface area contributed by atoms with E-state index in [2.05, 4.69) is 15.2 Å². The van der Waals surface area contributed by atoms with E-state index in [0.717, 1.165) is 18.4 Å². The molecule has 1 saturated heterocycles. The molecule has 2 amide bonds. The molecule has 2 fully saturated rings. The number of piperazine rings is 1. The van der Waals surface area contributed by atoms with Crippen LogP contribution >= 0.6 is 11.6 Å². The van der Waals surface area contributed by atoms with Crippen LogP contribution in [0.1, 0.15) is 32.1 Å². The van der Waals surface area contributed by atoms with Crippen molar-refractivity contribution in [2.45, 2.75) is 44.7 Å². The molecule has 8 heteroatoms. The molecule has 7 nitrogen and oxygen atoms in total. The standard InChI is InChI=1S/C22H27ClN4O3/c1-15(22(29)25-18-6-7-18)26-10-12-27(13-11-26)21(28)9-8-20-24-14-19(30-20)16-2-4-17(23)5-3-16/h2-5,14-15,18H,6-13H2,1H3,(H,25,29). The largest absolute Gasteiger partial charge is 0.441 e. The van der Waals surface area contributed by atoms with Crippen LogP contribution in [-0.2, 0) is 16.0 Å². The summed E-state index contributed by atoms with van der Waals surface area (Å²) in [7, 11) is 0. The Hall–Kier alpha value is -2.38. The lowest BCUT2D eigenvalue weighted by atomic mass is 10.2. The first-order valence-corrected chi connectivity index (χ1v) is 10.9. The summed E-state index contributed by atoms with van der Waals surface area (Å²) < 4.78 is 5.78. The summed E-state index contributed by atoms with van der Waals surface area (Å²) >= 11 is 5.92. The molecule has 1 unspecified atom stereocenters. The van der Waals surface area contributed by atoms with Crippen molar-refractivity contribution in [3.05, 3.63) is 41.4 Å². The Morgan fingerprint density at radius 3 is 2.57 bits per heavy atom. The fraction of sp³-hybridized carbons (Fsp3) is 0.500. The molecule has 0 bridgehead atoms. The number of oxazole rings is 1. The first-order chi connectivity index (χ1) is 14.5. The Morgan fingerprint density at radius 2 is 1.90 bits per heavy atom. The Morgan fingerprint density at radius 1 is 1.20 bits per heavy atom. The number of hydrogen-bond acceptors (Lipinski definition) is 5. The molecule has 4 rings (SSSR count). The highest BCUT2D eigenvalue weighted by Crippen LogP contribution is 2.23. The molecule has 1 atom stereocenters. The van der Waals surface area contributed by atoms with Crippen molar-refractivity contribution >= 4 is 23.4 Å². The lowest BCUT2D eigenvalue weighted by molar-refractivity contribution is -0.134. The van der Waals surface area contributed by atoms with Gasteiger partial charge in [-0.3, -0.25) is 14.5 Å². The molecule has 160 valence electrons. The summed E-state index contributed by atoms with van der Waals surface area (Å²) in [5.74, 6) is 1.41. The lowest BCUT2D eigenvalue weighted by Gasteiger charge is -2.37. The second kappa shape index (κ2) is 9.18. The highest BCUT2D eigenvalue weighted by molar-refractivity contribution is 6.30. The summed E-state index contributed by atoms with van der Waals surface area (Å²) in [4.78, 5) is 33.1. The molecule has 2 aromatic rings. The number of hydrogen-bond donors (Lipinski definition) is 1. The van der Waals surface area contributed by atoms with Crippen LogP contribution in [0.4, 0.5) is 0 Å². The molecule has 1 saturated carbocycles. The van der Waals surface area contributed by atoms with Gasteiger partial charge in [-0.2, -0.15) is 0 Å². The number of carbonyl (C=O) groups is 2. The Bertz CT molecular complexity index is 886. The van der Waals surface area contributed by atoms with E-state index >= 15 is 0 Å². The van der Waals surface area contributed by atoms with Gasteiger partial charge in [0.15, 0.2) is 11.7 Å². The van der Waals surface area contributed by atoms with Crippen molar-refractivity contribution in [3.8, 4) is 11.3 Å². The summed E-state index contributed by atoms with van der Waals surface area (Å²) in [6, 6.07) is 7.59. The maximum atomic E-state index is 12.6. The maximum Gasteiger partial charge on any atom is 0.237 e. The fourth-order valence-electron chi connectivity index (χ4n) is 3.62.